The van der Waals surface area contributed by atoms with Crippen molar-refractivity contribution in [3.63, 3.8) is 0 Å². The summed E-state index contributed by atoms with van der Waals surface area (Å²) in [6, 6.07) is 3.58. The highest BCUT2D eigenvalue weighted by molar-refractivity contribution is 7.99. The molecule has 0 radical (unpaired) electrons. The van der Waals surface area contributed by atoms with Gasteiger partial charge in [0.05, 0.1) is 18.6 Å². The van der Waals surface area contributed by atoms with Crippen molar-refractivity contribution in [2.45, 2.75) is 11.7 Å². The topological polar surface area (TPSA) is 73.0 Å². The van der Waals surface area contributed by atoms with E-state index in [1.165, 1.54) is 11.8 Å². The van der Waals surface area contributed by atoms with Crippen LogP contribution in [0.2, 0.25) is 0 Å². The van der Waals surface area contributed by atoms with E-state index in [-0.39, 0.29) is 18.2 Å². The average molecular weight is 302 g/mol. The SMILES string of the molecule is C#CCNC(=O)CSc1nnc(-c2ccco2)n1CC=C. The van der Waals surface area contributed by atoms with Crippen LogP contribution in [0, 0.1) is 12.3 Å². The van der Waals surface area contributed by atoms with Crippen LogP contribution in [0.4, 0.5) is 0 Å². The summed E-state index contributed by atoms with van der Waals surface area (Å²) in [5.41, 5.74) is 0. The number of aromatic nitrogens is 3. The van der Waals surface area contributed by atoms with Crippen molar-refractivity contribution in [2.24, 2.45) is 0 Å². The van der Waals surface area contributed by atoms with Crippen LogP contribution in [-0.4, -0.2) is 33.0 Å². The summed E-state index contributed by atoms with van der Waals surface area (Å²) >= 11 is 1.28. The van der Waals surface area contributed by atoms with E-state index in [9.17, 15) is 4.79 Å². The molecule has 0 aliphatic heterocycles. The first-order chi connectivity index (χ1) is 10.3. The van der Waals surface area contributed by atoms with Gasteiger partial charge in [-0.1, -0.05) is 23.8 Å². The summed E-state index contributed by atoms with van der Waals surface area (Å²) in [6.07, 6.45) is 8.39. The van der Waals surface area contributed by atoms with Gasteiger partial charge in [0.2, 0.25) is 11.7 Å². The van der Waals surface area contributed by atoms with E-state index >= 15 is 0 Å². The summed E-state index contributed by atoms with van der Waals surface area (Å²) in [7, 11) is 0. The zero-order valence-corrected chi connectivity index (χ0v) is 12.1. The molecular weight excluding hydrogens is 288 g/mol. The minimum Gasteiger partial charge on any atom is -0.461 e. The molecule has 0 atom stereocenters. The lowest BCUT2D eigenvalue weighted by molar-refractivity contribution is -0.118. The molecule has 1 amide bonds. The predicted octanol–water partition coefficient (Wildman–Crippen LogP) is 1.57. The fourth-order valence-electron chi connectivity index (χ4n) is 1.61. The Bertz CT molecular complexity index is 655. The van der Waals surface area contributed by atoms with E-state index < -0.39 is 0 Å². The Morgan fingerprint density at radius 1 is 1.62 bits per heavy atom. The molecule has 0 aliphatic carbocycles. The van der Waals surface area contributed by atoms with Gasteiger partial charge in [-0.25, -0.2) is 0 Å². The van der Waals surface area contributed by atoms with Crippen LogP contribution in [0.1, 0.15) is 0 Å². The van der Waals surface area contributed by atoms with Gasteiger partial charge in [0, 0.05) is 6.54 Å². The maximum atomic E-state index is 11.6. The van der Waals surface area contributed by atoms with E-state index in [0.717, 1.165) is 0 Å². The molecule has 21 heavy (non-hydrogen) atoms. The Morgan fingerprint density at radius 3 is 3.14 bits per heavy atom. The maximum absolute atomic E-state index is 11.6. The lowest BCUT2D eigenvalue weighted by Gasteiger charge is -2.06. The van der Waals surface area contributed by atoms with Gasteiger partial charge in [-0.3, -0.25) is 9.36 Å². The average Bonchev–Trinajstić information content (AvgIpc) is 3.12. The highest BCUT2D eigenvalue weighted by Gasteiger charge is 2.16. The maximum Gasteiger partial charge on any atom is 0.231 e. The van der Waals surface area contributed by atoms with Gasteiger partial charge in [-0.2, -0.15) is 0 Å². The molecule has 0 aromatic carbocycles. The fourth-order valence-corrected chi connectivity index (χ4v) is 2.39. The zero-order chi connectivity index (χ0) is 15.1. The van der Waals surface area contributed by atoms with Crippen molar-refractivity contribution in [3.8, 4) is 23.9 Å². The lowest BCUT2D eigenvalue weighted by Crippen LogP contribution is -2.25. The van der Waals surface area contributed by atoms with E-state index in [0.29, 0.717) is 23.3 Å². The van der Waals surface area contributed by atoms with Gasteiger partial charge in [0.25, 0.3) is 0 Å². The Morgan fingerprint density at radius 2 is 2.48 bits per heavy atom. The highest BCUT2D eigenvalue weighted by atomic mass is 32.2. The molecule has 2 aromatic rings. The van der Waals surface area contributed by atoms with Gasteiger partial charge < -0.3 is 9.73 Å². The number of allylic oxidation sites excluding steroid dienone is 1. The molecule has 0 spiro atoms. The van der Waals surface area contributed by atoms with Crippen molar-refractivity contribution >= 4 is 17.7 Å². The van der Waals surface area contributed by atoms with Crippen molar-refractivity contribution in [1.29, 1.82) is 0 Å². The van der Waals surface area contributed by atoms with Crippen LogP contribution in [0.25, 0.3) is 11.6 Å². The zero-order valence-electron chi connectivity index (χ0n) is 11.3. The normalized spacial score (nSPS) is 10.0. The molecule has 108 valence electrons. The minimum absolute atomic E-state index is 0.148. The van der Waals surface area contributed by atoms with Gasteiger partial charge >= 0.3 is 0 Å². The van der Waals surface area contributed by atoms with E-state index in [2.05, 4.69) is 28.0 Å². The molecule has 1 N–H and O–H groups in total. The fraction of sp³-hybridized carbons (Fsp3) is 0.214. The summed E-state index contributed by atoms with van der Waals surface area (Å²) in [6.45, 7) is 4.46. The van der Waals surface area contributed by atoms with Crippen molar-refractivity contribution in [1.82, 2.24) is 20.1 Å². The number of amides is 1. The second-order valence-corrected chi connectivity index (χ2v) is 4.89. The Balaban J connectivity index is 2.11. The summed E-state index contributed by atoms with van der Waals surface area (Å²) in [4.78, 5) is 11.6. The Kier molecular flexibility index (Phi) is 5.23. The summed E-state index contributed by atoms with van der Waals surface area (Å²) in [5.74, 6) is 3.64. The third-order valence-corrected chi connectivity index (χ3v) is 3.46. The van der Waals surface area contributed by atoms with Crippen LogP contribution in [0.3, 0.4) is 0 Å². The second-order valence-electron chi connectivity index (χ2n) is 3.95. The number of terminal acetylenes is 1. The molecule has 6 nitrogen and oxygen atoms in total. The largest absolute Gasteiger partial charge is 0.461 e. The van der Waals surface area contributed by atoms with Crippen molar-refractivity contribution in [2.75, 3.05) is 12.3 Å². The molecule has 0 unspecified atom stereocenters. The first kappa shape index (κ1) is 14.9. The second kappa shape index (κ2) is 7.36. The molecule has 7 heteroatoms. The monoisotopic (exact) mass is 302 g/mol. The van der Waals surface area contributed by atoms with Crippen molar-refractivity contribution < 1.29 is 9.21 Å². The van der Waals surface area contributed by atoms with E-state index in [1.807, 2.05) is 4.57 Å². The van der Waals surface area contributed by atoms with E-state index in [1.54, 1.807) is 24.5 Å². The van der Waals surface area contributed by atoms with Gasteiger partial charge in [0.15, 0.2) is 10.9 Å². The Labute approximate surface area is 126 Å². The van der Waals surface area contributed by atoms with Crippen LogP contribution >= 0.6 is 11.8 Å². The number of carbonyl (C=O) groups is 1. The number of thioether (sulfide) groups is 1. The van der Waals surface area contributed by atoms with Crippen molar-refractivity contribution in [3.05, 3.63) is 31.1 Å². The predicted molar refractivity (Wildman–Crippen MR) is 80.5 cm³/mol. The first-order valence-corrected chi connectivity index (χ1v) is 7.15. The molecule has 0 bridgehead atoms. The summed E-state index contributed by atoms with van der Waals surface area (Å²) in [5, 5.41) is 11.4. The van der Waals surface area contributed by atoms with Crippen LogP contribution in [0.5, 0.6) is 0 Å². The van der Waals surface area contributed by atoms with Crippen LogP contribution in [-0.2, 0) is 11.3 Å². The lowest BCUT2D eigenvalue weighted by atomic mass is 10.4. The first-order valence-electron chi connectivity index (χ1n) is 6.17. The molecule has 2 rings (SSSR count). The van der Waals surface area contributed by atoms with Gasteiger partial charge in [-0.05, 0) is 12.1 Å². The molecule has 0 aliphatic rings. The number of carbonyl (C=O) groups excluding carboxylic acids is 1. The standard InChI is InChI=1S/C14H14N4O2S/c1-3-7-15-12(19)10-21-14-17-16-13(18(14)8-4-2)11-6-5-9-20-11/h1,4-6,9H,2,7-8,10H2,(H,15,19). The third kappa shape index (κ3) is 3.77. The number of hydrogen-bond acceptors (Lipinski definition) is 5. The van der Waals surface area contributed by atoms with Gasteiger partial charge in [0.1, 0.15) is 0 Å². The smallest absolute Gasteiger partial charge is 0.231 e. The number of nitrogens with one attached hydrogen (secondary N) is 1. The molecule has 2 aromatic heterocycles. The molecule has 0 saturated carbocycles. The van der Waals surface area contributed by atoms with Crippen LogP contribution in [0.15, 0.2) is 40.6 Å². The summed E-state index contributed by atoms with van der Waals surface area (Å²) < 4.78 is 7.17. The van der Waals surface area contributed by atoms with Gasteiger partial charge in [-0.15, -0.1) is 23.2 Å². The quantitative estimate of drug-likeness (QED) is 0.477. The molecular formula is C14H14N4O2S. The highest BCUT2D eigenvalue weighted by Crippen LogP contribution is 2.24. The number of furan rings is 1. The molecule has 0 saturated heterocycles. The molecule has 2 heterocycles. The Hall–Kier alpha value is -2.46. The number of nitrogens with zero attached hydrogens (tertiary/aromatic N) is 3. The third-order valence-electron chi connectivity index (χ3n) is 2.49. The van der Waals surface area contributed by atoms with Crippen LogP contribution < -0.4 is 5.32 Å². The molecule has 0 fully saturated rings. The number of hydrogen-bond donors (Lipinski definition) is 1. The minimum atomic E-state index is -0.148. The van der Waals surface area contributed by atoms with E-state index in [4.69, 9.17) is 10.8 Å². The number of rotatable bonds is 7.